The molecule has 0 aromatic carbocycles. The van der Waals surface area contributed by atoms with Gasteiger partial charge in [0.05, 0.1) is 16.3 Å². The fraction of sp³-hybridized carbons (Fsp3) is 0.133. The van der Waals surface area contributed by atoms with Crippen LogP contribution in [0.15, 0.2) is 52.0 Å². The van der Waals surface area contributed by atoms with Crippen molar-refractivity contribution in [2.75, 3.05) is 6.54 Å². The van der Waals surface area contributed by atoms with Gasteiger partial charge in [-0.2, -0.15) is 5.10 Å². The van der Waals surface area contributed by atoms with Crippen LogP contribution in [0, 0.1) is 0 Å². The summed E-state index contributed by atoms with van der Waals surface area (Å²) in [5.41, 5.74) is 0.588. The van der Waals surface area contributed by atoms with Gasteiger partial charge in [-0.1, -0.05) is 12.1 Å². The van der Waals surface area contributed by atoms with Gasteiger partial charge in [0.2, 0.25) is 0 Å². The largest absolute Gasteiger partial charge is 0.349 e. The Hall–Kier alpha value is -2.25. The van der Waals surface area contributed by atoms with E-state index in [1.165, 1.54) is 22.1 Å². The summed E-state index contributed by atoms with van der Waals surface area (Å²) < 4.78 is 1.38. The summed E-state index contributed by atoms with van der Waals surface area (Å²) >= 11 is 2.96. The Balaban J connectivity index is 1.66. The van der Waals surface area contributed by atoms with Crippen LogP contribution in [0.3, 0.4) is 0 Å². The minimum absolute atomic E-state index is 0.127. The molecule has 22 heavy (non-hydrogen) atoms. The normalized spacial score (nSPS) is 10.5. The van der Waals surface area contributed by atoms with Gasteiger partial charge in [0.15, 0.2) is 0 Å². The predicted molar refractivity (Wildman–Crippen MR) is 88.5 cm³/mol. The second-order valence-corrected chi connectivity index (χ2v) is 6.39. The number of hydrogen-bond acceptors (Lipinski definition) is 5. The monoisotopic (exact) mass is 331 g/mol. The molecule has 0 aliphatic carbocycles. The van der Waals surface area contributed by atoms with Gasteiger partial charge in [0.25, 0.3) is 11.5 Å². The van der Waals surface area contributed by atoms with Gasteiger partial charge >= 0.3 is 0 Å². The molecule has 0 atom stereocenters. The molecule has 0 fully saturated rings. The van der Waals surface area contributed by atoms with Crippen LogP contribution in [0.4, 0.5) is 0 Å². The first-order valence-electron chi connectivity index (χ1n) is 6.68. The Morgan fingerprint density at radius 1 is 1.14 bits per heavy atom. The molecule has 0 radical (unpaired) electrons. The quantitative estimate of drug-likeness (QED) is 0.781. The van der Waals surface area contributed by atoms with E-state index in [2.05, 4.69) is 10.4 Å². The van der Waals surface area contributed by atoms with E-state index in [1.807, 2.05) is 29.0 Å². The fourth-order valence-corrected chi connectivity index (χ4v) is 3.27. The minimum Gasteiger partial charge on any atom is -0.349 e. The fourth-order valence-electron chi connectivity index (χ4n) is 1.94. The van der Waals surface area contributed by atoms with E-state index >= 15 is 0 Å². The van der Waals surface area contributed by atoms with Gasteiger partial charge in [-0.3, -0.25) is 9.59 Å². The zero-order valence-electron chi connectivity index (χ0n) is 11.6. The van der Waals surface area contributed by atoms with E-state index in [-0.39, 0.29) is 11.5 Å². The lowest BCUT2D eigenvalue weighted by molar-refractivity contribution is 0.0956. The first-order chi connectivity index (χ1) is 10.7. The Bertz CT molecular complexity index is 808. The average molecular weight is 331 g/mol. The van der Waals surface area contributed by atoms with Crippen molar-refractivity contribution in [3.05, 3.63) is 62.4 Å². The maximum atomic E-state index is 11.8. The molecule has 0 aliphatic heterocycles. The molecular formula is C15H13N3O2S2. The van der Waals surface area contributed by atoms with Crippen molar-refractivity contribution in [3.63, 3.8) is 0 Å². The van der Waals surface area contributed by atoms with Crippen molar-refractivity contribution < 1.29 is 4.79 Å². The van der Waals surface area contributed by atoms with Crippen molar-refractivity contribution >= 4 is 28.6 Å². The van der Waals surface area contributed by atoms with E-state index < -0.39 is 0 Å². The molecule has 0 spiro atoms. The smallest absolute Gasteiger partial charge is 0.266 e. The molecule has 3 aromatic rings. The summed E-state index contributed by atoms with van der Waals surface area (Å²) in [4.78, 5) is 25.3. The molecule has 0 saturated heterocycles. The third-order valence-corrected chi connectivity index (χ3v) is 4.76. The van der Waals surface area contributed by atoms with Crippen LogP contribution >= 0.6 is 22.7 Å². The van der Waals surface area contributed by atoms with E-state index in [1.54, 1.807) is 23.5 Å². The zero-order chi connectivity index (χ0) is 15.4. The van der Waals surface area contributed by atoms with E-state index in [9.17, 15) is 9.59 Å². The molecule has 7 heteroatoms. The second kappa shape index (κ2) is 6.67. The molecule has 3 heterocycles. The van der Waals surface area contributed by atoms with Crippen molar-refractivity contribution in [2.24, 2.45) is 0 Å². The van der Waals surface area contributed by atoms with Crippen LogP contribution in [0.25, 0.3) is 10.6 Å². The van der Waals surface area contributed by atoms with Crippen molar-refractivity contribution in [1.29, 1.82) is 0 Å². The maximum Gasteiger partial charge on any atom is 0.266 e. The average Bonchev–Trinajstić information content (AvgIpc) is 3.22. The molecule has 0 bridgehead atoms. The van der Waals surface area contributed by atoms with E-state index in [0.717, 1.165) is 10.6 Å². The van der Waals surface area contributed by atoms with Gasteiger partial charge in [-0.25, -0.2) is 4.68 Å². The Morgan fingerprint density at radius 2 is 1.95 bits per heavy atom. The first kappa shape index (κ1) is 14.7. The topological polar surface area (TPSA) is 64.0 Å². The number of rotatable bonds is 5. The van der Waals surface area contributed by atoms with E-state index in [0.29, 0.717) is 18.0 Å². The lowest BCUT2D eigenvalue weighted by Gasteiger charge is -2.07. The summed E-state index contributed by atoms with van der Waals surface area (Å²) in [6, 6.07) is 10.7. The molecule has 3 rings (SSSR count). The zero-order valence-corrected chi connectivity index (χ0v) is 13.2. The number of nitrogens with zero attached hydrogens (tertiary/aromatic N) is 2. The van der Waals surface area contributed by atoms with Gasteiger partial charge < -0.3 is 5.32 Å². The van der Waals surface area contributed by atoms with Gasteiger partial charge in [0, 0.05) is 12.6 Å². The standard InChI is InChI=1S/C15H13N3O2S2/c19-14-6-5-11(12-3-1-9-21-12)17-18(14)8-7-16-15(20)13-4-2-10-22-13/h1-6,9-10H,7-8H2,(H,16,20). The van der Waals surface area contributed by atoms with Crippen LogP contribution < -0.4 is 10.9 Å². The molecular weight excluding hydrogens is 318 g/mol. The highest BCUT2D eigenvalue weighted by Gasteiger charge is 2.07. The molecule has 1 amide bonds. The first-order valence-corrected chi connectivity index (χ1v) is 8.44. The number of hydrogen-bond donors (Lipinski definition) is 1. The number of nitrogens with one attached hydrogen (secondary N) is 1. The minimum atomic E-state index is -0.175. The van der Waals surface area contributed by atoms with Gasteiger partial charge in [0.1, 0.15) is 5.69 Å². The number of carbonyl (C=O) groups excluding carboxylic acids is 1. The van der Waals surface area contributed by atoms with Crippen LogP contribution in [0.5, 0.6) is 0 Å². The molecule has 0 aliphatic rings. The van der Waals surface area contributed by atoms with Crippen LogP contribution in [0.1, 0.15) is 9.67 Å². The third-order valence-electron chi connectivity index (χ3n) is 2.99. The lowest BCUT2D eigenvalue weighted by atomic mass is 10.3. The molecule has 3 aromatic heterocycles. The summed E-state index contributed by atoms with van der Waals surface area (Å²) in [5, 5.41) is 10.9. The molecule has 1 N–H and O–H groups in total. The SMILES string of the molecule is O=C(NCCn1nc(-c2cccs2)ccc1=O)c1cccs1. The summed E-state index contributed by atoms with van der Waals surface area (Å²) in [6.45, 7) is 0.701. The van der Waals surface area contributed by atoms with Crippen LogP contribution in [-0.4, -0.2) is 22.2 Å². The molecule has 112 valence electrons. The Labute approximate surface area is 134 Å². The summed E-state index contributed by atoms with van der Waals surface area (Å²) in [5.74, 6) is -0.127. The van der Waals surface area contributed by atoms with Crippen LogP contribution in [0.2, 0.25) is 0 Å². The van der Waals surface area contributed by atoms with Crippen molar-refractivity contribution in [1.82, 2.24) is 15.1 Å². The highest BCUT2D eigenvalue weighted by Crippen LogP contribution is 2.20. The summed E-state index contributed by atoms with van der Waals surface area (Å²) in [7, 11) is 0. The number of aromatic nitrogens is 2. The number of carbonyl (C=O) groups is 1. The second-order valence-electron chi connectivity index (χ2n) is 4.49. The van der Waals surface area contributed by atoms with Crippen LogP contribution in [-0.2, 0) is 6.54 Å². The summed E-state index contributed by atoms with van der Waals surface area (Å²) in [6.07, 6.45) is 0. The Morgan fingerprint density at radius 3 is 2.68 bits per heavy atom. The molecule has 5 nitrogen and oxygen atoms in total. The van der Waals surface area contributed by atoms with Gasteiger partial charge in [-0.15, -0.1) is 22.7 Å². The number of amides is 1. The van der Waals surface area contributed by atoms with Crippen molar-refractivity contribution in [3.8, 4) is 10.6 Å². The highest BCUT2D eigenvalue weighted by atomic mass is 32.1. The van der Waals surface area contributed by atoms with Gasteiger partial charge in [-0.05, 0) is 29.0 Å². The van der Waals surface area contributed by atoms with E-state index in [4.69, 9.17) is 0 Å². The predicted octanol–water partition coefficient (Wildman–Crippen LogP) is 2.46. The van der Waals surface area contributed by atoms with Crippen molar-refractivity contribution in [2.45, 2.75) is 6.54 Å². The molecule has 0 unspecified atom stereocenters. The number of thiophene rings is 2. The molecule has 0 saturated carbocycles. The highest BCUT2D eigenvalue weighted by molar-refractivity contribution is 7.13. The lowest BCUT2D eigenvalue weighted by Crippen LogP contribution is -2.31. The maximum absolute atomic E-state index is 11.8. The third kappa shape index (κ3) is 3.32. The Kier molecular flexibility index (Phi) is 4.45.